The zero-order valence-electron chi connectivity index (χ0n) is 7.79. The molecule has 1 rings (SSSR count). The Morgan fingerprint density at radius 1 is 1.46 bits per heavy atom. The number of halogens is 1. The summed E-state index contributed by atoms with van der Waals surface area (Å²) in [5, 5.41) is 10.3. The number of benzene rings is 1. The summed E-state index contributed by atoms with van der Waals surface area (Å²) in [5.41, 5.74) is 7.30. The molecule has 0 saturated heterocycles. The van der Waals surface area contributed by atoms with Crippen molar-refractivity contribution in [2.75, 3.05) is 0 Å². The fraction of sp³-hybridized carbons (Fsp3) is 0.400. The van der Waals surface area contributed by atoms with E-state index in [1.807, 2.05) is 19.1 Å². The van der Waals surface area contributed by atoms with Gasteiger partial charge in [0.25, 0.3) is 0 Å². The van der Waals surface area contributed by atoms with Crippen LogP contribution in [0.4, 0.5) is 0 Å². The summed E-state index contributed by atoms with van der Waals surface area (Å²) in [5.74, 6) is 0. The molecule has 0 saturated carbocycles. The van der Waals surface area contributed by atoms with Gasteiger partial charge in [-0.2, -0.15) is 0 Å². The highest BCUT2D eigenvalue weighted by molar-refractivity contribution is 6.31. The Balaban J connectivity index is 3.12. The van der Waals surface area contributed by atoms with Crippen LogP contribution in [0.2, 0.25) is 5.02 Å². The second-order valence-electron chi connectivity index (χ2n) is 3.27. The second kappa shape index (κ2) is 4.09. The van der Waals surface area contributed by atoms with Gasteiger partial charge < -0.3 is 10.8 Å². The molecule has 13 heavy (non-hydrogen) atoms. The van der Waals surface area contributed by atoms with Gasteiger partial charge in [0.2, 0.25) is 0 Å². The molecule has 0 spiro atoms. The molecule has 3 N–H and O–H groups in total. The molecule has 0 aliphatic rings. The van der Waals surface area contributed by atoms with Crippen molar-refractivity contribution in [3.63, 3.8) is 0 Å². The summed E-state index contributed by atoms with van der Waals surface area (Å²) in [6.07, 6.45) is -0.686. The summed E-state index contributed by atoms with van der Waals surface area (Å²) >= 11 is 5.95. The van der Waals surface area contributed by atoms with E-state index in [4.69, 9.17) is 17.3 Å². The lowest BCUT2D eigenvalue weighted by molar-refractivity contribution is 0.153. The van der Waals surface area contributed by atoms with E-state index < -0.39 is 6.10 Å². The zero-order valence-corrected chi connectivity index (χ0v) is 8.55. The van der Waals surface area contributed by atoms with Crippen molar-refractivity contribution in [1.82, 2.24) is 0 Å². The lowest BCUT2D eigenvalue weighted by Crippen LogP contribution is -2.25. The summed E-state index contributed by atoms with van der Waals surface area (Å²) < 4.78 is 0. The Morgan fingerprint density at radius 3 is 2.54 bits per heavy atom. The maximum atomic E-state index is 9.75. The molecule has 0 fully saturated rings. The number of hydrogen-bond acceptors (Lipinski definition) is 2. The molecule has 1 aromatic carbocycles. The van der Waals surface area contributed by atoms with Crippen molar-refractivity contribution in [1.29, 1.82) is 0 Å². The van der Waals surface area contributed by atoms with Gasteiger partial charge in [-0.15, -0.1) is 0 Å². The Labute approximate surface area is 83.3 Å². The molecular weight excluding hydrogens is 186 g/mol. The standard InChI is InChI=1S/C10H14ClNO/c1-6-4-3-5-8(11)9(6)10(13)7(2)12/h3-5,7,10,13H,12H2,1-2H3/t7-,10+/m1/s1. The first-order valence-corrected chi connectivity index (χ1v) is 4.60. The molecule has 0 bridgehead atoms. The van der Waals surface area contributed by atoms with E-state index in [9.17, 15) is 5.11 Å². The normalized spacial score (nSPS) is 15.5. The molecule has 0 aliphatic heterocycles. The molecule has 0 amide bonds. The summed E-state index contributed by atoms with van der Waals surface area (Å²) in [4.78, 5) is 0. The van der Waals surface area contributed by atoms with E-state index in [0.29, 0.717) is 5.02 Å². The van der Waals surface area contributed by atoms with Crippen LogP contribution in [-0.4, -0.2) is 11.1 Å². The predicted octanol–water partition coefficient (Wildman–Crippen LogP) is 2.03. The van der Waals surface area contributed by atoms with Gasteiger partial charge in [-0.05, 0) is 25.5 Å². The lowest BCUT2D eigenvalue weighted by Gasteiger charge is -2.18. The SMILES string of the molecule is Cc1cccc(Cl)c1[C@@H](O)[C@@H](C)N. The molecule has 3 heteroatoms. The highest BCUT2D eigenvalue weighted by atomic mass is 35.5. The van der Waals surface area contributed by atoms with Crippen molar-refractivity contribution in [2.45, 2.75) is 26.0 Å². The molecule has 72 valence electrons. The molecule has 0 heterocycles. The van der Waals surface area contributed by atoms with E-state index >= 15 is 0 Å². The Hall–Kier alpha value is -0.570. The van der Waals surface area contributed by atoms with Gasteiger partial charge in [0.1, 0.15) is 0 Å². The Morgan fingerprint density at radius 2 is 2.08 bits per heavy atom. The van der Waals surface area contributed by atoms with Crippen LogP contribution >= 0.6 is 11.6 Å². The van der Waals surface area contributed by atoms with Crippen LogP contribution in [0.1, 0.15) is 24.2 Å². The monoisotopic (exact) mass is 199 g/mol. The van der Waals surface area contributed by atoms with Crippen LogP contribution in [0.25, 0.3) is 0 Å². The highest BCUT2D eigenvalue weighted by Gasteiger charge is 2.17. The van der Waals surface area contributed by atoms with Crippen LogP contribution in [-0.2, 0) is 0 Å². The molecule has 2 nitrogen and oxygen atoms in total. The predicted molar refractivity (Wildman–Crippen MR) is 54.8 cm³/mol. The Bertz CT molecular complexity index is 279. The van der Waals surface area contributed by atoms with Crippen LogP contribution in [0.15, 0.2) is 18.2 Å². The van der Waals surface area contributed by atoms with E-state index in [1.165, 1.54) is 0 Å². The van der Waals surface area contributed by atoms with Gasteiger partial charge >= 0.3 is 0 Å². The number of aliphatic hydroxyl groups is 1. The van der Waals surface area contributed by atoms with Gasteiger partial charge in [-0.25, -0.2) is 0 Å². The average molecular weight is 200 g/mol. The first kappa shape index (κ1) is 10.5. The molecule has 0 aromatic heterocycles. The number of rotatable bonds is 2. The van der Waals surface area contributed by atoms with Crippen molar-refractivity contribution in [3.05, 3.63) is 34.3 Å². The van der Waals surface area contributed by atoms with Crippen LogP contribution < -0.4 is 5.73 Å². The van der Waals surface area contributed by atoms with Gasteiger partial charge in [-0.1, -0.05) is 23.7 Å². The highest BCUT2D eigenvalue weighted by Crippen LogP contribution is 2.27. The third-order valence-electron chi connectivity index (χ3n) is 2.06. The van der Waals surface area contributed by atoms with Crippen LogP contribution in [0, 0.1) is 6.92 Å². The van der Waals surface area contributed by atoms with E-state index in [1.54, 1.807) is 13.0 Å². The maximum Gasteiger partial charge on any atom is 0.0955 e. The van der Waals surface area contributed by atoms with Gasteiger partial charge in [0.15, 0.2) is 0 Å². The fourth-order valence-corrected chi connectivity index (χ4v) is 1.62. The molecular formula is C10H14ClNO. The topological polar surface area (TPSA) is 46.2 Å². The molecule has 1 aromatic rings. The minimum absolute atomic E-state index is 0.307. The van der Waals surface area contributed by atoms with Crippen molar-refractivity contribution in [2.24, 2.45) is 5.73 Å². The minimum atomic E-state index is -0.686. The van der Waals surface area contributed by atoms with Crippen molar-refractivity contribution >= 4 is 11.6 Å². The van der Waals surface area contributed by atoms with E-state index in [-0.39, 0.29) is 6.04 Å². The van der Waals surface area contributed by atoms with Gasteiger partial charge in [-0.3, -0.25) is 0 Å². The smallest absolute Gasteiger partial charge is 0.0955 e. The number of nitrogens with two attached hydrogens (primary N) is 1. The molecule has 0 unspecified atom stereocenters. The maximum absolute atomic E-state index is 9.75. The lowest BCUT2D eigenvalue weighted by atomic mass is 9.99. The van der Waals surface area contributed by atoms with Crippen molar-refractivity contribution < 1.29 is 5.11 Å². The quantitative estimate of drug-likeness (QED) is 0.766. The zero-order chi connectivity index (χ0) is 10.0. The average Bonchev–Trinajstić information content (AvgIpc) is 2.03. The molecule has 0 radical (unpaired) electrons. The molecule has 2 atom stereocenters. The minimum Gasteiger partial charge on any atom is -0.387 e. The first-order valence-electron chi connectivity index (χ1n) is 4.22. The van der Waals surface area contributed by atoms with Crippen molar-refractivity contribution in [3.8, 4) is 0 Å². The summed E-state index contributed by atoms with van der Waals surface area (Å²) in [7, 11) is 0. The number of aliphatic hydroxyl groups excluding tert-OH is 1. The second-order valence-corrected chi connectivity index (χ2v) is 3.68. The fourth-order valence-electron chi connectivity index (χ4n) is 1.28. The number of aryl methyl sites for hydroxylation is 1. The van der Waals surface area contributed by atoms with E-state index in [2.05, 4.69) is 0 Å². The third kappa shape index (κ3) is 2.21. The first-order chi connectivity index (χ1) is 6.04. The van der Waals surface area contributed by atoms with E-state index in [0.717, 1.165) is 11.1 Å². The third-order valence-corrected chi connectivity index (χ3v) is 2.39. The van der Waals surface area contributed by atoms with Crippen LogP contribution in [0.3, 0.4) is 0 Å². The summed E-state index contributed by atoms with van der Waals surface area (Å²) in [6.45, 7) is 3.67. The van der Waals surface area contributed by atoms with Crippen LogP contribution in [0.5, 0.6) is 0 Å². The molecule has 0 aliphatic carbocycles. The largest absolute Gasteiger partial charge is 0.387 e. The van der Waals surface area contributed by atoms with Gasteiger partial charge in [0, 0.05) is 16.6 Å². The number of hydrogen-bond donors (Lipinski definition) is 2. The Kier molecular flexibility index (Phi) is 3.31. The van der Waals surface area contributed by atoms with Gasteiger partial charge in [0.05, 0.1) is 6.10 Å². The summed E-state index contributed by atoms with van der Waals surface area (Å²) in [6, 6.07) is 5.22.